The zero-order valence-corrected chi connectivity index (χ0v) is 8.43. The third-order valence-corrected chi connectivity index (χ3v) is 2.25. The van der Waals surface area contributed by atoms with E-state index in [-0.39, 0.29) is 12.4 Å². The zero-order chi connectivity index (χ0) is 11.4. The van der Waals surface area contributed by atoms with Gasteiger partial charge in [-0.05, 0) is 12.5 Å². The van der Waals surface area contributed by atoms with Crippen molar-refractivity contribution < 1.29 is 14.7 Å². The van der Waals surface area contributed by atoms with E-state index in [0.29, 0.717) is 11.1 Å². The first-order chi connectivity index (χ1) is 7.06. The van der Waals surface area contributed by atoms with Crippen molar-refractivity contribution in [2.24, 2.45) is 5.73 Å². The molecule has 0 aliphatic rings. The highest BCUT2D eigenvalue weighted by Crippen LogP contribution is 2.15. The molecule has 0 saturated heterocycles. The van der Waals surface area contributed by atoms with Crippen molar-refractivity contribution in [3.63, 3.8) is 0 Å². The molecule has 1 rings (SSSR count). The van der Waals surface area contributed by atoms with Crippen LogP contribution in [0, 0.1) is 0 Å². The van der Waals surface area contributed by atoms with Crippen LogP contribution in [0.3, 0.4) is 0 Å². The fourth-order valence-corrected chi connectivity index (χ4v) is 1.31. The van der Waals surface area contributed by atoms with Gasteiger partial charge in [-0.3, -0.25) is 9.59 Å². The van der Waals surface area contributed by atoms with Crippen LogP contribution in [0.4, 0.5) is 0 Å². The number of amides is 1. The van der Waals surface area contributed by atoms with Gasteiger partial charge in [0.15, 0.2) is 5.78 Å². The third-order valence-electron chi connectivity index (χ3n) is 2.25. The van der Waals surface area contributed by atoms with Crippen LogP contribution in [0.25, 0.3) is 0 Å². The average molecular weight is 207 g/mol. The van der Waals surface area contributed by atoms with E-state index in [2.05, 4.69) is 0 Å². The molecule has 3 N–H and O–H groups in total. The predicted molar refractivity (Wildman–Crippen MR) is 55.5 cm³/mol. The van der Waals surface area contributed by atoms with Crippen molar-refractivity contribution in [3.8, 4) is 0 Å². The second-order valence-corrected chi connectivity index (χ2v) is 3.32. The molecular weight excluding hydrogens is 194 g/mol. The van der Waals surface area contributed by atoms with Crippen LogP contribution in [0.2, 0.25) is 0 Å². The van der Waals surface area contributed by atoms with Gasteiger partial charge >= 0.3 is 0 Å². The van der Waals surface area contributed by atoms with Gasteiger partial charge in [-0.25, -0.2) is 0 Å². The van der Waals surface area contributed by atoms with Crippen molar-refractivity contribution in [1.29, 1.82) is 0 Å². The third kappa shape index (κ3) is 2.63. The Morgan fingerprint density at radius 1 is 1.33 bits per heavy atom. The van der Waals surface area contributed by atoms with Gasteiger partial charge in [-0.2, -0.15) is 0 Å². The van der Waals surface area contributed by atoms with Crippen LogP contribution in [-0.2, 0) is 4.79 Å². The molecule has 1 amide bonds. The first kappa shape index (κ1) is 11.4. The van der Waals surface area contributed by atoms with E-state index in [4.69, 9.17) is 10.8 Å². The molecular formula is C11H13NO3. The number of primary amides is 1. The summed E-state index contributed by atoms with van der Waals surface area (Å²) in [5.41, 5.74) is 6.30. The van der Waals surface area contributed by atoms with E-state index < -0.39 is 11.8 Å². The van der Waals surface area contributed by atoms with E-state index in [1.807, 2.05) is 0 Å². The quantitative estimate of drug-likeness (QED) is 0.703. The standard InChI is InChI=1S/C11H13NO3/c1-7(14)8-2-4-9(5-3-8)10(6-13)11(12)15/h2-5,10,13H,6H2,1H3,(H2,12,15). The number of benzene rings is 1. The molecule has 1 unspecified atom stereocenters. The molecule has 4 nitrogen and oxygen atoms in total. The summed E-state index contributed by atoms with van der Waals surface area (Å²) in [4.78, 5) is 21.9. The maximum Gasteiger partial charge on any atom is 0.227 e. The van der Waals surface area contributed by atoms with Crippen molar-refractivity contribution in [2.45, 2.75) is 12.8 Å². The largest absolute Gasteiger partial charge is 0.395 e. The highest BCUT2D eigenvalue weighted by atomic mass is 16.3. The van der Waals surface area contributed by atoms with E-state index >= 15 is 0 Å². The molecule has 0 fully saturated rings. The molecule has 80 valence electrons. The second kappa shape index (κ2) is 4.70. The topological polar surface area (TPSA) is 80.4 Å². The van der Waals surface area contributed by atoms with Crippen LogP contribution < -0.4 is 5.73 Å². The fourth-order valence-electron chi connectivity index (χ4n) is 1.31. The summed E-state index contributed by atoms with van der Waals surface area (Å²) in [6.07, 6.45) is 0. The van der Waals surface area contributed by atoms with Gasteiger partial charge in [0.25, 0.3) is 0 Å². The van der Waals surface area contributed by atoms with Crippen LogP contribution in [-0.4, -0.2) is 23.4 Å². The Morgan fingerprint density at radius 3 is 2.20 bits per heavy atom. The summed E-state index contributed by atoms with van der Waals surface area (Å²) in [6.45, 7) is 1.14. The number of hydrogen-bond acceptors (Lipinski definition) is 3. The fraction of sp³-hybridized carbons (Fsp3) is 0.273. The summed E-state index contributed by atoms with van der Waals surface area (Å²) in [5.74, 6) is -1.32. The predicted octanol–water partition coefficient (Wildman–Crippen LogP) is 0.450. The van der Waals surface area contributed by atoms with Gasteiger partial charge in [-0.1, -0.05) is 24.3 Å². The van der Waals surface area contributed by atoms with Crippen LogP contribution in [0.1, 0.15) is 28.8 Å². The first-order valence-corrected chi connectivity index (χ1v) is 4.57. The molecule has 0 heterocycles. The number of hydrogen-bond donors (Lipinski definition) is 2. The molecule has 1 aromatic carbocycles. The Morgan fingerprint density at radius 2 is 1.87 bits per heavy atom. The Labute approximate surface area is 87.7 Å². The minimum Gasteiger partial charge on any atom is -0.395 e. The van der Waals surface area contributed by atoms with Gasteiger partial charge < -0.3 is 10.8 Å². The molecule has 0 bridgehead atoms. The highest BCUT2D eigenvalue weighted by molar-refractivity contribution is 5.94. The number of aliphatic hydroxyl groups is 1. The van der Waals surface area contributed by atoms with Crippen molar-refractivity contribution in [3.05, 3.63) is 35.4 Å². The summed E-state index contributed by atoms with van der Waals surface area (Å²) in [6, 6.07) is 6.48. The zero-order valence-electron chi connectivity index (χ0n) is 8.43. The number of rotatable bonds is 4. The number of carbonyl (C=O) groups excluding carboxylic acids is 2. The second-order valence-electron chi connectivity index (χ2n) is 3.32. The molecule has 15 heavy (non-hydrogen) atoms. The minimum atomic E-state index is -0.703. The lowest BCUT2D eigenvalue weighted by Gasteiger charge is -2.10. The number of nitrogens with two attached hydrogens (primary N) is 1. The molecule has 0 aliphatic heterocycles. The molecule has 0 aliphatic carbocycles. The molecule has 1 aromatic rings. The number of ketones is 1. The van der Waals surface area contributed by atoms with E-state index in [1.54, 1.807) is 24.3 Å². The monoisotopic (exact) mass is 207 g/mol. The lowest BCUT2D eigenvalue weighted by molar-refractivity contribution is -0.120. The normalized spacial score (nSPS) is 12.1. The maximum atomic E-state index is 11.0. The Hall–Kier alpha value is -1.68. The molecule has 0 saturated carbocycles. The summed E-state index contributed by atoms with van der Waals surface area (Å²) in [5, 5.41) is 8.96. The van der Waals surface area contributed by atoms with Gasteiger partial charge in [0, 0.05) is 5.56 Å². The number of Topliss-reactive ketones (excluding diaryl/α,β-unsaturated/α-hetero) is 1. The van der Waals surface area contributed by atoms with Crippen molar-refractivity contribution >= 4 is 11.7 Å². The Kier molecular flexibility index (Phi) is 3.57. The average Bonchev–Trinajstić information content (AvgIpc) is 2.19. The summed E-state index contributed by atoms with van der Waals surface area (Å²) < 4.78 is 0. The van der Waals surface area contributed by atoms with Crippen LogP contribution in [0.15, 0.2) is 24.3 Å². The first-order valence-electron chi connectivity index (χ1n) is 4.57. The maximum absolute atomic E-state index is 11.0. The van der Waals surface area contributed by atoms with E-state index in [9.17, 15) is 9.59 Å². The van der Waals surface area contributed by atoms with Gasteiger partial charge in [0.1, 0.15) is 0 Å². The van der Waals surface area contributed by atoms with Gasteiger partial charge in [0.05, 0.1) is 12.5 Å². The van der Waals surface area contributed by atoms with Gasteiger partial charge in [0.2, 0.25) is 5.91 Å². The van der Waals surface area contributed by atoms with Crippen molar-refractivity contribution in [2.75, 3.05) is 6.61 Å². The summed E-state index contributed by atoms with van der Waals surface area (Å²) >= 11 is 0. The molecule has 1 atom stereocenters. The summed E-state index contributed by atoms with van der Waals surface area (Å²) in [7, 11) is 0. The Balaban J connectivity index is 2.97. The van der Waals surface area contributed by atoms with Gasteiger partial charge in [-0.15, -0.1) is 0 Å². The SMILES string of the molecule is CC(=O)c1ccc(C(CO)C(N)=O)cc1. The van der Waals surface area contributed by atoms with E-state index in [1.165, 1.54) is 6.92 Å². The van der Waals surface area contributed by atoms with Crippen molar-refractivity contribution in [1.82, 2.24) is 0 Å². The number of aliphatic hydroxyl groups excluding tert-OH is 1. The Bertz CT molecular complexity index is 370. The minimum absolute atomic E-state index is 0.0406. The molecule has 4 heteroatoms. The molecule has 0 radical (unpaired) electrons. The lowest BCUT2D eigenvalue weighted by Crippen LogP contribution is -2.24. The van der Waals surface area contributed by atoms with E-state index in [0.717, 1.165) is 0 Å². The smallest absolute Gasteiger partial charge is 0.227 e. The van der Waals surface area contributed by atoms with Crippen LogP contribution >= 0.6 is 0 Å². The number of carbonyl (C=O) groups is 2. The lowest BCUT2D eigenvalue weighted by atomic mass is 9.97. The highest BCUT2D eigenvalue weighted by Gasteiger charge is 2.16. The molecule has 0 spiro atoms. The van der Waals surface area contributed by atoms with Crippen LogP contribution in [0.5, 0.6) is 0 Å². The molecule has 0 aromatic heterocycles.